The first-order valence-electron chi connectivity index (χ1n) is 10.0. The molecule has 8 heteroatoms. The number of nitrogens with one attached hydrogen (secondary N) is 1. The van der Waals surface area contributed by atoms with E-state index in [1.54, 1.807) is 7.05 Å². The van der Waals surface area contributed by atoms with E-state index in [1.165, 1.54) is 31.0 Å². The van der Waals surface area contributed by atoms with Crippen molar-refractivity contribution in [2.75, 3.05) is 42.9 Å². The summed E-state index contributed by atoms with van der Waals surface area (Å²) in [5, 5.41) is 12.5. The number of anilines is 3. The summed E-state index contributed by atoms with van der Waals surface area (Å²) in [4.78, 5) is 29.4. The minimum absolute atomic E-state index is 0.0753. The summed E-state index contributed by atoms with van der Waals surface area (Å²) < 4.78 is 2.24. The molecule has 4 rings (SSSR count). The lowest BCUT2D eigenvalue weighted by Crippen LogP contribution is -2.47. The Labute approximate surface area is 169 Å². The van der Waals surface area contributed by atoms with Crippen LogP contribution in [-0.4, -0.2) is 46.8 Å². The van der Waals surface area contributed by atoms with Gasteiger partial charge in [0.25, 0.3) is 5.56 Å². The molecule has 2 heterocycles. The van der Waals surface area contributed by atoms with Crippen molar-refractivity contribution in [2.45, 2.75) is 12.8 Å². The number of aromatic nitrogens is 2. The molecule has 0 unspecified atom stereocenters. The molecule has 8 nitrogen and oxygen atoms in total. The fraction of sp³-hybridized carbons (Fsp3) is 0.476. The minimum Gasteiger partial charge on any atom is -0.369 e. The van der Waals surface area contributed by atoms with Crippen LogP contribution < -0.4 is 21.5 Å². The summed E-state index contributed by atoms with van der Waals surface area (Å²) in [6.45, 7) is 5.31. The molecule has 2 aliphatic rings. The van der Waals surface area contributed by atoms with Gasteiger partial charge in [0.05, 0.1) is 0 Å². The van der Waals surface area contributed by atoms with Gasteiger partial charge >= 0.3 is 5.69 Å². The van der Waals surface area contributed by atoms with Gasteiger partial charge in [0.1, 0.15) is 11.9 Å². The van der Waals surface area contributed by atoms with Crippen molar-refractivity contribution in [3.05, 3.63) is 50.7 Å². The van der Waals surface area contributed by atoms with E-state index >= 15 is 0 Å². The number of nitrogens with zero attached hydrogens (tertiary/aromatic N) is 5. The standard InChI is InChI=1S/C21H26N6O2/c1-24-19(18(13-22)20(28)25(2)21(24)29)23-16-4-3-5-17(12-16)27-10-8-26(9-11-27)14-15-6-7-15/h3-5,12,15,23H,6-11,14H2,1-2H3. The first-order chi connectivity index (χ1) is 14.0. The molecule has 1 N–H and O–H groups in total. The average Bonchev–Trinajstić information content (AvgIpc) is 3.55. The smallest absolute Gasteiger partial charge is 0.332 e. The molecule has 0 spiro atoms. The number of hydrogen-bond donors (Lipinski definition) is 1. The summed E-state index contributed by atoms with van der Waals surface area (Å²) in [6.07, 6.45) is 2.76. The third-order valence-electron chi connectivity index (χ3n) is 5.84. The summed E-state index contributed by atoms with van der Waals surface area (Å²) in [7, 11) is 2.92. The van der Waals surface area contributed by atoms with E-state index in [9.17, 15) is 14.9 Å². The molecular weight excluding hydrogens is 368 g/mol. The lowest BCUT2D eigenvalue weighted by atomic mass is 10.2. The van der Waals surface area contributed by atoms with Crippen LogP contribution in [0.1, 0.15) is 18.4 Å². The van der Waals surface area contributed by atoms with Crippen LogP contribution >= 0.6 is 0 Å². The van der Waals surface area contributed by atoms with E-state index in [-0.39, 0.29) is 11.4 Å². The second kappa shape index (κ2) is 7.76. The molecule has 2 aromatic rings. The maximum atomic E-state index is 12.3. The van der Waals surface area contributed by atoms with E-state index in [0.29, 0.717) is 0 Å². The normalized spacial score (nSPS) is 17.2. The molecule has 1 saturated heterocycles. The number of hydrogen-bond acceptors (Lipinski definition) is 6. The Morgan fingerprint density at radius 3 is 2.48 bits per heavy atom. The third-order valence-corrected chi connectivity index (χ3v) is 5.84. The Morgan fingerprint density at radius 2 is 1.83 bits per heavy atom. The Hall–Kier alpha value is -3.05. The summed E-state index contributed by atoms with van der Waals surface area (Å²) in [5.41, 5.74) is 0.685. The zero-order chi connectivity index (χ0) is 20.5. The van der Waals surface area contributed by atoms with Crippen molar-refractivity contribution in [3.8, 4) is 6.07 Å². The van der Waals surface area contributed by atoms with Crippen molar-refractivity contribution in [2.24, 2.45) is 20.0 Å². The quantitative estimate of drug-likeness (QED) is 0.821. The largest absolute Gasteiger partial charge is 0.369 e. The van der Waals surface area contributed by atoms with Gasteiger partial charge in [-0.05, 0) is 37.0 Å². The number of piperazine rings is 1. The molecule has 29 heavy (non-hydrogen) atoms. The minimum atomic E-state index is -0.596. The van der Waals surface area contributed by atoms with Crippen LogP contribution in [0.25, 0.3) is 0 Å². The molecular formula is C21H26N6O2. The van der Waals surface area contributed by atoms with Crippen molar-refractivity contribution in [1.29, 1.82) is 5.26 Å². The molecule has 1 aliphatic carbocycles. The zero-order valence-electron chi connectivity index (χ0n) is 16.9. The van der Waals surface area contributed by atoms with Crippen LogP contribution in [0.3, 0.4) is 0 Å². The van der Waals surface area contributed by atoms with Gasteiger partial charge in [-0.1, -0.05) is 6.07 Å². The van der Waals surface area contributed by atoms with Crippen molar-refractivity contribution in [1.82, 2.24) is 14.0 Å². The Balaban J connectivity index is 1.54. The third kappa shape index (κ3) is 3.91. The van der Waals surface area contributed by atoms with Gasteiger partial charge in [-0.15, -0.1) is 0 Å². The maximum absolute atomic E-state index is 12.3. The molecule has 0 bridgehead atoms. The maximum Gasteiger partial charge on any atom is 0.332 e. The number of nitriles is 1. The van der Waals surface area contributed by atoms with Crippen LogP contribution in [0, 0.1) is 17.2 Å². The van der Waals surface area contributed by atoms with Crippen LogP contribution in [0.4, 0.5) is 17.2 Å². The average molecular weight is 394 g/mol. The predicted octanol–water partition coefficient (Wildman–Crippen LogP) is 1.23. The van der Waals surface area contributed by atoms with Crippen LogP contribution in [0.15, 0.2) is 33.9 Å². The van der Waals surface area contributed by atoms with Gasteiger partial charge in [0.2, 0.25) is 0 Å². The van der Waals surface area contributed by atoms with E-state index in [1.807, 2.05) is 24.3 Å². The first-order valence-corrected chi connectivity index (χ1v) is 10.0. The van der Waals surface area contributed by atoms with Gasteiger partial charge in [0.15, 0.2) is 5.56 Å². The van der Waals surface area contributed by atoms with Crippen LogP contribution in [-0.2, 0) is 14.1 Å². The summed E-state index contributed by atoms with van der Waals surface area (Å²) in [6, 6.07) is 9.80. The van der Waals surface area contributed by atoms with E-state index in [0.717, 1.165) is 48.0 Å². The highest BCUT2D eigenvalue weighted by atomic mass is 16.2. The summed E-state index contributed by atoms with van der Waals surface area (Å²) in [5.74, 6) is 1.13. The van der Waals surface area contributed by atoms with E-state index in [4.69, 9.17) is 0 Å². The van der Waals surface area contributed by atoms with E-state index in [2.05, 4.69) is 21.2 Å². The second-order valence-corrected chi connectivity index (χ2v) is 7.95. The molecule has 1 aliphatic heterocycles. The molecule has 1 aromatic carbocycles. The Kier molecular flexibility index (Phi) is 5.16. The Bertz CT molecular complexity index is 1070. The molecule has 152 valence electrons. The Morgan fingerprint density at radius 1 is 1.10 bits per heavy atom. The molecule has 0 radical (unpaired) electrons. The van der Waals surface area contributed by atoms with Gasteiger partial charge in [-0.25, -0.2) is 4.79 Å². The lowest BCUT2D eigenvalue weighted by Gasteiger charge is -2.36. The van der Waals surface area contributed by atoms with Gasteiger partial charge < -0.3 is 10.2 Å². The SMILES string of the molecule is Cn1c(Nc2cccc(N3CCN(CC4CC4)CC3)c2)c(C#N)c(=O)n(C)c1=O. The van der Waals surface area contributed by atoms with Crippen molar-refractivity contribution >= 4 is 17.2 Å². The highest BCUT2D eigenvalue weighted by molar-refractivity contribution is 5.66. The fourth-order valence-electron chi connectivity index (χ4n) is 3.86. The van der Waals surface area contributed by atoms with Crippen LogP contribution in [0.2, 0.25) is 0 Å². The van der Waals surface area contributed by atoms with Crippen LogP contribution in [0.5, 0.6) is 0 Å². The van der Waals surface area contributed by atoms with Gasteiger partial charge in [-0.3, -0.25) is 18.8 Å². The van der Waals surface area contributed by atoms with Gasteiger partial charge in [0, 0.05) is 58.2 Å². The lowest BCUT2D eigenvalue weighted by molar-refractivity contribution is 0.248. The summed E-state index contributed by atoms with van der Waals surface area (Å²) >= 11 is 0. The monoisotopic (exact) mass is 394 g/mol. The highest BCUT2D eigenvalue weighted by Gasteiger charge is 2.26. The highest BCUT2D eigenvalue weighted by Crippen LogP contribution is 2.30. The van der Waals surface area contributed by atoms with Crippen molar-refractivity contribution in [3.63, 3.8) is 0 Å². The molecule has 2 fully saturated rings. The first kappa shape index (κ1) is 19.3. The molecule has 1 saturated carbocycles. The number of benzene rings is 1. The zero-order valence-corrected chi connectivity index (χ0v) is 16.9. The second-order valence-electron chi connectivity index (χ2n) is 7.95. The predicted molar refractivity (Wildman–Crippen MR) is 113 cm³/mol. The molecule has 0 amide bonds. The molecule has 0 atom stereocenters. The fourth-order valence-corrected chi connectivity index (χ4v) is 3.86. The number of rotatable bonds is 5. The van der Waals surface area contributed by atoms with Crippen molar-refractivity contribution < 1.29 is 0 Å². The van der Waals surface area contributed by atoms with Gasteiger partial charge in [-0.2, -0.15) is 5.26 Å². The van der Waals surface area contributed by atoms with E-state index < -0.39 is 11.2 Å². The topological polar surface area (TPSA) is 86.3 Å². The molecule has 1 aromatic heterocycles.